The molecule has 180 valence electrons. The van der Waals surface area contributed by atoms with Gasteiger partial charge >= 0.3 is 0 Å². The second-order valence-electron chi connectivity index (χ2n) is 10.4. The molecule has 1 N–H and O–H groups in total. The fourth-order valence-corrected chi connectivity index (χ4v) is 5.88. The molecule has 34 heavy (non-hydrogen) atoms. The minimum absolute atomic E-state index is 0.159. The Morgan fingerprint density at radius 2 is 1.79 bits per heavy atom. The van der Waals surface area contributed by atoms with Gasteiger partial charge in [-0.1, -0.05) is 36.4 Å². The second kappa shape index (κ2) is 10.3. The number of carbonyl (C=O) groups is 1. The highest BCUT2D eigenvalue weighted by molar-refractivity contribution is 5.98. The number of hydrogen-bond donors (Lipinski definition) is 1. The van der Waals surface area contributed by atoms with Gasteiger partial charge in [0.2, 0.25) is 0 Å². The van der Waals surface area contributed by atoms with Crippen molar-refractivity contribution >= 4 is 16.8 Å². The van der Waals surface area contributed by atoms with Crippen LogP contribution in [0.1, 0.15) is 42.6 Å². The van der Waals surface area contributed by atoms with Crippen LogP contribution >= 0.6 is 0 Å². The van der Waals surface area contributed by atoms with Crippen LogP contribution in [0.15, 0.2) is 60.8 Å². The zero-order chi connectivity index (χ0) is 23.5. The molecule has 2 aromatic carbocycles. The number of aromatic amines is 1. The Morgan fingerprint density at radius 1 is 1.00 bits per heavy atom. The molecular weight excluding hydrogens is 420 g/mol. The van der Waals surface area contributed by atoms with Crippen LogP contribution in [-0.4, -0.2) is 76.9 Å². The highest BCUT2D eigenvalue weighted by Gasteiger charge is 2.33. The molecule has 3 aromatic rings. The lowest BCUT2D eigenvalue weighted by Gasteiger charge is -2.46. The summed E-state index contributed by atoms with van der Waals surface area (Å²) in [4.78, 5) is 23.9. The lowest BCUT2D eigenvalue weighted by Crippen LogP contribution is -2.60. The number of aromatic nitrogens is 1. The van der Waals surface area contributed by atoms with Crippen LogP contribution in [-0.2, 0) is 6.42 Å². The van der Waals surface area contributed by atoms with Crippen molar-refractivity contribution in [3.63, 3.8) is 0 Å². The van der Waals surface area contributed by atoms with Gasteiger partial charge in [0.05, 0.1) is 0 Å². The van der Waals surface area contributed by atoms with Crippen molar-refractivity contribution in [2.75, 3.05) is 39.3 Å². The van der Waals surface area contributed by atoms with Gasteiger partial charge in [-0.3, -0.25) is 9.69 Å². The van der Waals surface area contributed by atoms with Gasteiger partial charge < -0.3 is 14.8 Å². The first-order valence-electron chi connectivity index (χ1n) is 13.0. The average molecular weight is 459 g/mol. The van der Waals surface area contributed by atoms with Gasteiger partial charge in [0.15, 0.2) is 0 Å². The molecule has 3 heterocycles. The van der Waals surface area contributed by atoms with Gasteiger partial charge in [-0.05, 0) is 81.3 Å². The number of likely N-dealkylation sites (tertiary alicyclic amines) is 1. The molecule has 2 saturated heterocycles. The summed E-state index contributed by atoms with van der Waals surface area (Å²) < 4.78 is 0. The Labute approximate surface area is 203 Å². The number of fused-ring (bicyclic) bond motifs is 1. The van der Waals surface area contributed by atoms with Gasteiger partial charge in [-0.2, -0.15) is 0 Å². The van der Waals surface area contributed by atoms with Crippen LogP contribution in [0.3, 0.4) is 0 Å². The number of hydrogen-bond acceptors (Lipinski definition) is 3. The first-order chi connectivity index (χ1) is 16.6. The SMILES string of the molecule is CC(C)N1CCN(C(=O)c2ccc3cc[nH]c3c2)CC1CN1CCC(Cc2ccccc2)CC1. The standard InChI is InChI=1S/C29H38N4O/c1-22(2)33-17-16-32(29(34)26-9-8-25-10-13-30-28(25)19-26)21-27(33)20-31-14-11-24(12-15-31)18-23-6-4-3-5-7-23/h3-10,13,19,22,24,27,30H,11-12,14-18,20-21H2,1-2H3. The van der Waals surface area contributed by atoms with E-state index in [4.69, 9.17) is 0 Å². The minimum Gasteiger partial charge on any atom is -0.361 e. The zero-order valence-corrected chi connectivity index (χ0v) is 20.6. The number of nitrogens with zero attached hydrogens (tertiary/aromatic N) is 3. The lowest BCUT2D eigenvalue weighted by atomic mass is 9.90. The number of piperazine rings is 1. The summed E-state index contributed by atoms with van der Waals surface area (Å²) in [6, 6.07) is 19.9. The third-order valence-electron chi connectivity index (χ3n) is 7.82. The number of piperidine rings is 1. The number of amides is 1. The Kier molecular flexibility index (Phi) is 7.02. The van der Waals surface area contributed by atoms with E-state index in [0.717, 1.165) is 61.7 Å². The summed E-state index contributed by atoms with van der Waals surface area (Å²) in [5.41, 5.74) is 3.28. The maximum Gasteiger partial charge on any atom is 0.254 e. The zero-order valence-electron chi connectivity index (χ0n) is 20.6. The second-order valence-corrected chi connectivity index (χ2v) is 10.4. The van der Waals surface area contributed by atoms with Crippen molar-refractivity contribution in [2.24, 2.45) is 5.92 Å². The molecule has 5 heteroatoms. The molecule has 5 nitrogen and oxygen atoms in total. The van der Waals surface area contributed by atoms with Crippen molar-refractivity contribution in [1.29, 1.82) is 0 Å². The minimum atomic E-state index is 0.159. The van der Waals surface area contributed by atoms with Crippen LogP contribution in [0, 0.1) is 5.92 Å². The van der Waals surface area contributed by atoms with Crippen molar-refractivity contribution in [2.45, 2.75) is 45.2 Å². The molecular formula is C29H38N4O. The predicted octanol–water partition coefficient (Wildman–Crippen LogP) is 4.66. The Balaban J connectivity index is 1.20. The number of H-pyrrole nitrogens is 1. The van der Waals surface area contributed by atoms with Crippen LogP contribution < -0.4 is 0 Å². The monoisotopic (exact) mass is 458 g/mol. The van der Waals surface area contributed by atoms with Gasteiger partial charge in [-0.15, -0.1) is 0 Å². The molecule has 0 radical (unpaired) electrons. The Bertz CT molecular complexity index is 1080. The van der Waals surface area contributed by atoms with Crippen molar-refractivity contribution < 1.29 is 4.79 Å². The van der Waals surface area contributed by atoms with Crippen LogP contribution in [0.4, 0.5) is 0 Å². The van der Waals surface area contributed by atoms with Gasteiger partial charge in [-0.25, -0.2) is 0 Å². The van der Waals surface area contributed by atoms with Gasteiger partial charge in [0.25, 0.3) is 5.91 Å². The molecule has 1 amide bonds. The molecule has 0 bridgehead atoms. The third kappa shape index (κ3) is 5.21. The molecule has 0 spiro atoms. The number of nitrogens with one attached hydrogen (secondary N) is 1. The molecule has 2 aliphatic rings. The largest absolute Gasteiger partial charge is 0.361 e. The van der Waals surface area contributed by atoms with E-state index in [0.29, 0.717) is 12.1 Å². The van der Waals surface area contributed by atoms with Crippen molar-refractivity contribution in [3.05, 3.63) is 71.9 Å². The third-order valence-corrected chi connectivity index (χ3v) is 7.82. The van der Waals surface area contributed by atoms with Crippen LogP contribution in [0.25, 0.3) is 10.9 Å². The normalized spacial score (nSPS) is 20.9. The highest BCUT2D eigenvalue weighted by atomic mass is 16.2. The molecule has 1 aromatic heterocycles. The highest BCUT2D eigenvalue weighted by Crippen LogP contribution is 2.24. The van der Waals surface area contributed by atoms with E-state index in [1.54, 1.807) is 0 Å². The fourth-order valence-electron chi connectivity index (χ4n) is 5.88. The lowest BCUT2D eigenvalue weighted by molar-refractivity contribution is 0.0218. The van der Waals surface area contributed by atoms with E-state index in [9.17, 15) is 4.79 Å². The van der Waals surface area contributed by atoms with E-state index in [-0.39, 0.29) is 5.91 Å². The van der Waals surface area contributed by atoms with Crippen molar-refractivity contribution in [3.8, 4) is 0 Å². The average Bonchev–Trinajstić information content (AvgIpc) is 3.33. The molecule has 0 saturated carbocycles. The summed E-state index contributed by atoms with van der Waals surface area (Å²) in [6.45, 7) is 10.5. The maximum atomic E-state index is 13.4. The molecule has 5 rings (SSSR count). The van der Waals surface area contributed by atoms with E-state index in [1.165, 1.54) is 24.8 Å². The molecule has 0 aliphatic carbocycles. The Hall–Kier alpha value is -2.63. The van der Waals surface area contributed by atoms with E-state index < -0.39 is 0 Å². The fraction of sp³-hybridized carbons (Fsp3) is 0.483. The van der Waals surface area contributed by atoms with Crippen LogP contribution in [0.2, 0.25) is 0 Å². The summed E-state index contributed by atoms with van der Waals surface area (Å²) >= 11 is 0. The predicted molar refractivity (Wildman–Crippen MR) is 139 cm³/mol. The summed E-state index contributed by atoms with van der Waals surface area (Å²) in [5, 5.41) is 1.15. The molecule has 2 aliphatic heterocycles. The van der Waals surface area contributed by atoms with Gasteiger partial charge in [0.1, 0.15) is 0 Å². The molecule has 1 atom stereocenters. The van der Waals surface area contributed by atoms with E-state index in [1.807, 2.05) is 30.5 Å². The van der Waals surface area contributed by atoms with Crippen molar-refractivity contribution in [1.82, 2.24) is 19.7 Å². The quantitative estimate of drug-likeness (QED) is 0.584. The van der Waals surface area contributed by atoms with E-state index >= 15 is 0 Å². The van der Waals surface area contributed by atoms with Gasteiger partial charge in [0, 0.05) is 55.5 Å². The molecule has 1 unspecified atom stereocenters. The number of benzene rings is 2. The summed E-state index contributed by atoms with van der Waals surface area (Å²) in [5.74, 6) is 0.943. The van der Waals surface area contributed by atoms with Crippen LogP contribution in [0.5, 0.6) is 0 Å². The number of carbonyl (C=O) groups excluding carboxylic acids is 1. The summed E-state index contributed by atoms with van der Waals surface area (Å²) in [6.07, 6.45) is 5.66. The maximum absolute atomic E-state index is 13.4. The first kappa shape index (κ1) is 23.1. The molecule has 2 fully saturated rings. The topological polar surface area (TPSA) is 42.6 Å². The number of rotatable bonds is 6. The van der Waals surface area contributed by atoms with E-state index in [2.05, 4.69) is 63.9 Å². The first-order valence-corrected chi connectivity index (χ1v) is 13.0. The summed E-state index contributed by atoms with van der Waals surface area (Å²) in [7, 11) is 0. The Morgan fingerprint density at radius 3 is 2.56 bits per heavy atom. The smallest absolute Gasteiger partial charge is 0.254 e.